The van der Waals surface area contributed by atoms with Crippen molar-refractivity contribution in [3.8, 4) is 0 Å². The molecule has 0 saturated carbocycles. The van der Waals surface area contributed by atoms with E-state index < -0.39 is 6.10 Å². The molecule has 0 aromatic heterocycles. The summed E-state index contributed by atoms with van der Waals surface area (Å²) in [6.45, 7) is 4.31. The van der Waals surface area contributed by atoms with Gasteiger partial charge in [-0.25, -0.2) is 4.79 Å². The molecule has 0 saturated heterocycles. The van der Waals surface area contributed by atoms with Gasteiger partial charge in [0.15, 0.2) is 0 Å². The third-order valence-electron chi connectivity index (χ3n) is 3.07. The maximum atomic E-state index is 11.7. The average molecular weight is 265 g/mol. The number of aliphatic hydroxyl groups is 1. The molecule has 0 radical (unpaired) electrons. The molecule has 5 nitrogen and oxygen atoms in total. The number of anilines is 1. The van der Waals surface area contributed by atoms with Gasteiger partial charge < -0.3 is 20.6 Å². The molecule has 0 heterocycles. The molecule has 5 heteroatoms. The normalized spacial score (nSPS) is 14.0. The Morgan fingerprint density at radius 3 is 2.63 bits per heavy atom. The van der Waals surface area contributed by atoms with E-state index in [2.05, 4.69) is 10.6 Å². The molecule has 0 aliphatic carbocycles. The molecule has 0 bridgehead atoms. The summed E-state index contributed by atoms with van der Waals surface area (Å²) in [4.78, 5) is 13.8. The van der Waals surface area contributed by atoms with Gasteiger partial charge >= 0.3 is 6.03 Å². The summed E-state index contributed by atoms with van der Waals surface area (Å²) in [5.74, 6) is 0. The number of carbonyl (C=O) groups is 1. The highest BCUT2D eigenvalue weighted by Crippen LogP contribution is 2.16. The Hall–Kier alpha value is -1.59. The second kappa shape index (κ2) is 7.11. The molecular formula is C14H23N3O2. The summed E-state index contributed by atoms with van der Waals surface area (Å²) in [7, 11) is 3.94. The zero-order valence-electron chi connectivity index (χ0n) is 12.0. The van der Waals surface area contributed by atoms with Crippen molar-refractivity contribution in [3.05, 3.63) is 29.8 Å². The summed E-state index contributed by atoms with van der Waals surface area (Å²) in [5, 5.41) is 15.0. The van der Waals surface area contributed by atoms with Crippen LogP contribution in [0.5, 0.6) is 0 Å². The second-order valence-corrected chi connectivity index (χ2v) is 4.95. The number of hydrogen-bond acceptors (Lipinski definition) is 3. The first kappa shape index (κ1) is 15.5. The van der Waals surface area contributed by atoms with E-state index in [1.54, 1.807) is 25.1 Å². The van der Waals surface area contributed by atoms with E-state index >= 15 is 0 Å². The van der Waals surface area contributed by atoms with Crippen molar-refractivity contribution in [2.24, 2.45) is 0 Å². The van der Waals surface area contributed by atoms with E-state index in [1.807, 2.05) is 32.0 Å². The molecule has 1 rings (SSSR count). The highest BCUT2D eigenvalue weighted by molar-refractivity contribution is 5.89. The van der Waals surface area contributed by atoms with Gasteiger partial charge in [0.1, 0.15) is 0 Å². The number of nitrogens with one attached hydrogen (secondary N) is 2. The van der Waals surface area contributed by atoms with E-state index in [0.717, 1.165) is 5.56 Å². The third kappa shape index (κ3) is 5.28. The van der Waals surface area contributed by atoms with Crippen molar-refractivity contribution in [3.63, 3.8) is 0 Å². The molecule has 1 aromatic rings. The summed E-state index contributed by atoms with van der Waals surface area (Å²) >= 11 is 0. The fraction of sp³-hybridized carbons (Fsp3) is 0.500. The van der Waals surface area contributed by atoms with Crippen LogP contribution in [0.15, 0.2) is 24.3 Å². The van der Waals surface area contributed by atoms with Crippen molar-refractivity contribution in [1.29, 1.82) is 0 Å². The number of hydrogen-bond donors (Lipinski definition) is 3. The number of aliphatic hydroxyl groups excluding tert-OH is 1. The van der Waals surface area contributed by atoms with Gasteiger partial charge in [-0.15, -0.1) is 0 Å². The van der Waals surface area contributed by atoms with Crippen molar-refractivity contribution in [2.75, 3.05) is 26.0 Å². The predicted molar refractivity (Wildman–Crippen MR) is 77.2 cm³/mol. The smallest absolute Gasteiger partial charge is 0.319 e. The topological polar surface area (TPSA) is 64.6 Å². The van der Waals surface area contributed by atoms with Gasteiger partial charge in [-0.1, -0.05) is 12.1 Å². The molecule has 0 spiro atoms. The molecule has 106 valence electrons. The third-order valence-corrected chi connectivity index (χ3v) is 3.07. The van der Waals surface area contributed by atoms with E-state index in [0.29, 0.717) is 12.2 Å². The van der Waals surface area contributed by atoms with Gasteiger partial charge in [-0.3, -0.25) is 0 Å². The Labute approximate surface area is 114 Å². The number of rotatable bonds is 5. The summed E-state index contributed by atoms with van der Waals surface area (Å²) in [5.41, 5.74) is 1.45. The molecular weight excluding hydrogens is 242 g/mol. The minimum absolute atomic E-state index is 0.239. The van der Waals surface area contributed by atoms with Gasteiger partial charge in [0.25, 0.3) is 0 Å². The van der Waals surface area contributed by atoms with Crippen LogP contribution in [0.1, 0.15) is 25.5 Å². The lowest BCUT2D eigenvalue weighted by molar-refractivity contribution is 0.199. The van der Waals surface area contributed by atoms with E-state index in [4.69, 9.17) is 0 Å². The Bertz CT molecular complexity index is 419. The van der Waals surface area contributed by atoms with Crippen LogP contribution in [0.25, 0.3) is 0 Å². The highest BCUT2D eigenvalue weighted by Gasteiger charge is 2.08. The lowest BCUT2D eigenvalue weighted by atomic mass is 10.1. The minimum atomic E-state index is -0.543. The number of amides is 2. The lowest BCUT2D eigenvalue weighted by Crippen LogP contribution is -2.40. The minimum Gasteiger partial charge on any atom is -0.389 e. The highest BCUT2D eigenvalue weighted by atomic mass is 16.3. The molecule has 2 amide bonds. The first-order chi connectivity index (χ1) is 8.90. The maximum Gasteiger partial charge on any atom is 0.319 e. The molecule has 19 heavy (non-hydrogen) atoms. The fourth-order valence-electron chi connectivity index (χ4n) is 1.47. The second-order valence-electron chi connectivity index (χ2n) is 4.95. The van der Waals surface area contributed by atoms with Crippen LogP contribution in [-0.2, 0) is 0 Å². The van der Waals surface area contributed by atoms with E-state index in [-0.39, 0.29) is 12.1 Å². The predicted octanol–water partition coefficient (Wildman–Crippen LogP) is 1.81. The lowest BCUT2D eigenvalue weighted by Gasteiger charge is -2.20. The Morgan fingerprint density at radius 2 is 2.05 bits per heavy atom. The van der Waals surface area contributed by atoms with Crippen LogP contribution >= 0.6 is 0 Å². The molecule has 0 aliphatic heterocycles. The Kier molecular flexibility index (Phi) is 5.79. The van der Waals surface area contributed by atoms with Crippen LogP contribution in [0, 0.1) is 0 Å². The zero-order valence-corrected chi connectivity index (χ0v) is 12.0. The number of urea groups is 1. The molecule has 2 unspecified atom stereocenters. The van der Waals surface area contributed by atoms with E-state index in [1.165, 1.54) is 0 Å². The van der Waals surface area contributed by atoms with Gasteiger partial charge in [0.05, 0.1) is 6.10 Å². The van der Waals surface area contributed by atoms with E-state index in [9.17, 15) is 9.90 Å². The summed E-state index contributed by atoms with van der Waals surface area (Å²) in [6.07, 6.45) is -0.543. The first-order valence-corrected chi connectivity index (χ1v) is 6.39. The Morgan fingerprint density at radius 1 is 1.37 bits per heavy atom. The van der Waals surface area contributed by atoms with Crippen LogP contribution in [0.2, 0.25) is 0 Å². The zero-order chi connectivity index (χ0) is 14.4. The van der Waals surface area contributed by atoms with Gasteiger partial charge in [0.2, 0.25) is 0 Å². The summed E-state index contributed by atoms with van der Waals surface area (Å²) < 4.78 is 0. The van der Waals surface area contributed by atoms with Gasteiger partial charge in [-0.2, -0.15) is 0 Å². The maximum absolute atomic E-state index is 11.7. The fourth-order valence-corrected chi connectivity index (χ4v) is 1.47. The number of nitrogens with zero attached hydrogens (tertiary/aromatic N) is 1. The molecule has 0 aliphatic rings. The standard InChI is InChI=1S/C14H23N3O2/c1-10(17(3)4)9-15-14(19)16-13-7-5-6-12(8-13)11(2)18/h5-8,10-11,18H,9H2,1-4H3,(H2,15,16,19). The van der Waals surface area contributed by atoms with Crippen LogP contribution in [-0.4, -0.2) is 42.7 Å². The number of likely N-dealkylation sites (N-methyl/N-ethyl adjacent to an activating group) is 1. The van der Waals surface area contributed by atoms with Gasteiger partial charge in [-0.05, 0) is 45.6 Å². The largest absolute Gasteiger partial charge is 0.389 e. The molecule has 3 N–H and O–H groups in total. The van der Waals surface area contributed by atoms with Crippen LogP contribution < -0.4 is 10.6 Å². The molecule has 1 aromatic carbocycles. The van der Waals surface area contributed by atoms with Crippen LogP contribution in [0.3, 0.4) is 0 Å². The van der Waals surface area contributed by atoms with Crippen LogP contribution in [0.4, 0.5) is 10.5 Å². The number of benzene rings is 1. The monoisotopic (exact) mass is 265 g/mol. The average Bonchev–Trinajstić information content (AvgIpc) is 2.36. The summed E-state index contributed by atoms with van der Waals surface area (Å²) in [6, 6.07) is 7.22. The SMILES string of the molecule is CC(O)c1cccc(NC(=O)NCC(C)N(C)C)c1. The molecule has 0 fully saturated rings. The van der Waals surface area contributed by atoms with Gasteiger partial charge in [0, 0.05) is 18.3 Å². The quantitative estimate of drug-likeness (QED) is 0.761. The van der Waals surface area contributed by atoms with Crippen molar-refractivity contribution in [2.45, 2.75) is 26.0 Å². The first-order valence-electron chi connectivity index (χ1n) is 6.39. The van der Waals surface area contributed by atoms with Crippen molar-refractivity contribution < 1.29 is 9.90 Å². The van der Waals surface area contributed by atoms with Crippen molar-refractivity contribution in [1.82, 2.24) is 10.2 Å². The number of carbonyl (C=O) groups excluding carboxylic acids is 1. The van der Waals surface area contributed by atoms with Crippen molar-refractivity contribution >= 4 is 11.7 Å². The molecule has 2 atom stereocenters. The Balaban J connectivity index is 2.50.